The lowest BCUT2D eigenvalue weighted by atomic mass is 10.1. The van der Waals surface area contributed by atoms with E-state index in [2.05, 4.69) is 25.5 Å². The van der Waals surface area contributed by atoms with Crippen LogP contribution in [-0.4, -0.2) is 30.0 Å². The minimum absolute atomic E-state index is 0.168. The molecule has 0 unspecified atom stereocenters. The summed E-state index contributed by atoms with van der Waals surface area (Å²) in [4.78, 5) is 11.7. The van der Waals surface area contributed by atoms with Crippen LogP contribution < -0.4 is 4.87 Å². The monoisotopic (exact) mass is 284 g/mol. The van der Waals surface area contributed by atoms with Crippen molar-refractivity contribution in [3.63, 3.8) is 0 Å². The van der Waals surface area contributed by atoms with Gasteiger partial charge in [0, 0.05) is 5.56 Å². The average molecular weight is 284 g/mol. The molecule has 0 spiro atoms. The van der Waals surface area contributed by atoms with Crippen molar-refractivity contribution in [3.05, 3.63) is 46.1 Å². The lowest BCUT2D eigenvalue weighted by Gasteiger charge is -1.92. The highest BCUT2D eigenvalue weighted by Crippen LogP contribution is 2.22. The first kappa shape index (κ1) is 11.1. The normalized spacial score (nSPS) is 11.2. The summed E-state index contributed by atoms with van der Waals surface area (Å²) in [6.45, 7) is 0. The maximum Gasteiger partial charge on any atom is 0.322 e. The molecule has 8 heteroatoms. The van der Waals surface area contributed by atoms with Crippen LogP contribution in [0.5, 0.6) is 0 Å². The molecule has 0 amide bonds. The smallest absolute Gasteiger partial charge is 0.274 e. The molecule has 20 heavy (non-hydrogen) atoms. The van der Waals surface area contributed by atoms with Crippen molar-refractivity contribution in [2.45, 2.75) is 0 Å². The molecule has 0 saturated carbocycles. The van der Waals surface area contributed by atoms with Crippen LogP contribution in [-0.2, 0) is 0 Å². The Hall–Kier alpha value is -2.74. The second-order valence-electron chi connectivity index (χ2n) is 4.18. The highest BCUT2D eigenvalue weighted by atomic mass is 32.1. The maximum atomic E-state index is 11.3. The summed E-state index contributed by atoms with van der Waals surface area (Å²) in [5.41, 5.74) is 2.52. The minimum atomic E-state index is -0.168. The van der Waals surface area contributed by atoms with Gasteiger partial charge in [0.15, 0.2) is 0 Å². The standard InChI is InChI=1S/C12H8N6OS/c19-12-17-18-10(15-16-11(18)20-12)9-6-8(13-14-9)7-4-2-1-3-5-7/h1-6H,(H,13,14)(H,17,19). The third kappa shape index (κ3) is 1.66. The van der Waals surface area contributed by atoms with Gasteiger partial charge in [0.25, 0.3) is 0 Å². The molecule has 4 rings (SSSR count). The van der Waals surface area contributed by atoms with Crippen molar-refractivity contribution < 1.29 is 0 Å². The van der Waals surface area contributed by atoms with Gasteiger partial charge in [-0.3, -0.25) is 9.89 Å². The van der Waals surface area contributed by atoms with E-state index in [4.69, 9.17) is 0 Å². The first-order valence-corrected chi connectivity index (χ1v) is 6.68. The summed E-state index contributed by atoms with van der Waals surface area (Å²) in [7, 11) is 0. The first-order valence-electron chi connectivity index (χ1n) is 5.87. The molecular weight excluding hydrogens is 276 g/mol. The Morgan fingerprint density at radius 3 is 2.85 bits per heavy atom. The van der Waals surface area contributed by atoms with Crippen LogP contribution in [0.2, 0.25) is 0 Å². The fraction of sp³-hybridized carbons (Fsp3) is 0. The summed E-state index contributed by atoms with van der Waals surface area (Å²) in [6, 6.07) is 11.7. The summed E-state index contributed by atoms with van der Waals surface area (Å²) < 4.78 is 1.55. The summed E-state index contributed by atoms with van der Waals surface area (Å²) in [5.74, 6) is 0.535. The fourth-order valence-electron chi connectivity index (χ4n) is 2.00. The molecule has 0 aliphatic carbocycles. The fourth-order valence-corrected chi connectivity index (χ4v) is 2.61. The highest BCUT2D eigenvalue weighted by molar-refractivity contribution is 7.14. The molecule has 3 aromatic heterocycles. The van der Waals surface area contributed by atoms with Gasteiger partial charge in [-0.1, -0.05) is 30.3 Å². The van der Waals surface area contributed by atoms with Gasteiger partial charge in [0.2, 0.25) is 10.8 Å². The van der Waals surface area contributed by atoms with E-state index in [-0.39, 0.29) is 4.87 Å². The SMILES string of the molecule is O=c1[nH]n2c(-c3cc(-c4ccccc4)n[nH]3)nnc2s1. The van der Waals surface area contributed by atoms with E-state index in [0.29, 0.717) is 16.5 Å². The van der Waals surface area contributed by atoms with Crippen LogP contribution >= 0.6 is 11.3 Å². The number of aromatic amines is 2. The topological polar surface area (TPSA) is 91.7 Å². The Labute approximate surface area is 115 Å². The van der Waals surface area contributed by atoms with Gasteiger partial charge in [0.05, 0.1) is 5.69 Å². The number of hydrogen-bond acceptors (Lipinski definition) is 5. The molecule has 0 aliphatic rings. The number of fused-ring (bicyclic) bond motifs is 1. The zero-order chi connectivity index (χ0) is 13.5. The number of H-pyrrole nitrogens is 2. The second-order valence-corrected chi connectivity index (χ2v) is 5.12. The van der Waals surface area contributed by atoms with Crippen LogP contribution in [0.25, 0.3) is 27.7 Å². The van der Waals surface area contributed by atoms with E-state index in [9.17, 15) is 4.79 Å². The van der Waals surface area contributed by atoms with Gasteiger partial charge in [-0.05, 0) is 17.4 Å². The third-order valence-electron chi connectivity index (χ3n) is 2.91. The molecule has 98 valence electrons. The van der Waals surface area contributed by atoms with Crippen LogP contribution in [0.15, 0.2) is 41.2 Å². The predicted octanol–water partition coefficient (Wildman–Crippen LogP) is 1.54. The van der Waals surface area contributed by atoms with Gasteiger partial charge in [-0.2, -0.15) is 5.10 Å². The minimum Gasteiger partial charge on any atom is -0.274 e. The van der Waals surface area contributed by atoms with Crippen molar-refractivity contribution in [3.8, 4) is 22.8 Å². The lowest BCUT2D eigenvalue weighted by Crippen LogP contribution is -1.99. The van der Waals surface area contributed by atoms with E-state index >= 15 is 0 Å². The molecular formula is C12H8N6OS. The van der Waals surface area contributed by atoms with E-state index in [0.717, 1.165) is 22.6 Å². The average Bonchev–Trinajstić information content (AvgIpc) is 3.14. The Balaban J connectivity index is 1.84. The van der Waals surface area contributed by atoms with Crippen LogP contribution in [0.4, 0.5) is 0 Å². The van der Waals surface area contributed by atoms with Gasteiger partial charge in [-0.25, -0.2) is 9.61 Å². The van der Waals surface area contributed by atoms with E-state index in [1.165, 1.54) is 0 Å². The molecule has 7 nitrogen and oxygen atoms in total. The Bertz CT molecular complexity index is 932. The summed E-state index contributed by atoms with van der Waals surface area (Å²) >= 11 is 1.01. The molecule has 2 N–H and O–H groups in total. The van der Waals surface area contributed by atoms with Crippen molar-refractivity contribution in [2.75, 3.05) is 0 Å². The molecule has 0 bridgehead atoms. The third-order valence-corrected chi connectivity index (χ3v) is 3.63. The second kappa shape index (κ2) is 4.14. The molecule has 0 saturated heterocycles. The predicted molar refractivity (Wildman–Crippen MR) is 74.5 cm³/mol. The molecule has 0 aliphatic heterocycles. The van der Waals surface area contributed by atoms with E-state index in [1.807, 2.05) is 36.4 Å². The van der Waals surface area contributed by atoms with Crippen LogP contribution in [0, 0.1) is 0 Å². The number of nitrogens with zero attached hydrogens (tertiary/aromatic N) is 4. The van der Waals surface area contributed by atoms with Crippen LogP contribution in [0.3, 0.4) is 0 Å². The largest absolute Gasteiger partial charge is 0.322 e. The molecule has 1 aromatic carbocycles. The molecule has 4 aromatic rings. The molecule has 0 atom stereocenters. The van der Waals surface area contributed by atoms with Gasteiger partial charge in [-0.15, -0.1) is 10.2 Å². The van der Waals surface area contributed by atoms with E-state index < -0.39 is 0 Å². The maximum absolute atomic E-state index is 11.3. The summed E-state index contributed by atoms with van der Waals surface area (Å²) in [5, 5.41) is 17.8. The molecule has 0 radical (unpaired) electrons. The zero-order valence-electron chi connectivity index (χ0n) is 10.1. The number of hydrogen-bond donors (Lipinski definition) is 2. The quantitative estimate of drug-likeness (QED) is 0.584. The Morgan fingerprint density at radius 1 is 1.15 bits per heavy atom. The molecule has 0 fully saturated rings. The number of benzene rings is 1. The van der Waals surface area contributed by atoms with E-state index in [1.54, 1.807) is 4.52 Å². The van der Waals surface area contributed by atoms with Crippen molar-refractivity contribution in [1.29, 1.82) is 0 Å². The Kier molecular flexibility index (Phi) is 2.30. The first-order chi connectivity index (χ1) is 9.81. The summed E-state index contributed by atoms with van der Waals surface area (Å²) in [6.07, 6.45) is 0. The number of nitrogens with one attached hydrogen (secondary N) is 2. The number of rotatable bonds is 2. The van der Waals surface area contributed by atoms with Crippen molar-refractivity contribution >= 4 is 16.3 Å². The Morgan fingerprint density at radius 2 is 2.00 bits per heavy atom. The van der Waals surface area contributed by atoms with Gasteiger partial charge < -0.3 is 0 Å². The van der Waals surface area contributed by atoms with Gasteiger partial charge in [0.1, 0.15) is 5.69 Å². The zero-order valence-corrected chi connectivity index (χ0v) is 10.9. The lowest BCUT2D eigenvalue weighted by molar-refractivity contribution is 0.932. The van der Waals surface area contributed by atoms with Crippen LogP contribution in [0.1, 0.15) is 0 Å². The molecule has 3 heterocycles. The van der Waals surface area contributed by atoms with Crippen molar-refractivity contribution in [2.24, 2.45) is 0 Å². The highest BCUT2D eigenvalue weighted by Gasteiger charge is 2.14. The van der Waals surface area contributed by atoms with Crippen molar-refractivity contribution in [1.82, 2.24) is 30.0 Å². The van der Waals surface area contributed by atoms with Gasteiger partial charge >= 0.3 is 4.87 Å². The number of aromatic nitrogens is 6.